The van der Waals surface area contributed by atoms with Crippen LogP contribution < -0.4 is 10.2 Å². The SMILES string of the molecule is C[C@@H]1CCc2ncnc(N3CCN(C(=O)[C@@H]4CNC[C@H]4c4ccc(Cl)c(Cl)c4)CC3)c21. The molecule has 1 amide bonds. The average molecular weight is 460 g/mol. The molecule has 2 aliphatic heterocycles. The molecule has 1 aliphatic carbocycles. The Morgan fingerprint density at radius 3 is 2.68 bits per heavy atom. The van der Waals surface area contributed by atoms with Crippen LogP contribution in [0.2, 0.25) is 10.0 Å². The number of benzene rings is 1. The van der Waals surface area contributed by atoms with Crippen LogP contribution >= 0.6 is 23.2 Å². The molecule has 3 atom stereocenters. The first-order valence-corrected chi connectivity index (χ1v) is 11.8. The minimum Gasteiger partial charge on any atom is -0.353 e. The molecule has 0 spiro atoms. The number of nitrogens with zero attached hydrogens (tertiary/aromatic N) is 4. The highest BCUT2D eigenvalue weighted by Gasteiger charge is 2.38. The molecule has 0 saturated carbocycles. The van der Waals surface area contributed by atoms with Crippen LogP contribution in [0.15, 0.2) is 24.5 Å². The molecule has 8 heteroatoms. The van der Waals surface area contributed by atoms with Crippen molar-refractivity contribution in [2.45, 2.75) is 31.6 Å². The van der Waals surface area contributed by atoms with Gasteiger partial charge in [0.05, 0.1) is 16.0 Å². The second-order valence-corrected chi connectivity index (χ2v) is 9.67. The Bertz CT molecular complexity index is 992. The maximum atomic E-state index is 13.4. The van der Waals surface area contributed by atoms with Crippen molar-refractivity contribution >= 4 is 34.9 Å². The van der Waals surface area contributed by atoms with Gasteiger partial charge in [-0.25, -0.2) is 9.97 Å². The number of nitrogens with one attached hydrogen (secondary N) is 1. The van der Waals surface area contributed by atoms with Crippen LogP contribution in [0.4, 0.5) is 5.82 Å². The zero-order valence-corrected chi connectivity index (χ0v) is 19.2. The second kappa shape index (κ2) is 8.57. The number of amides is 1. The minimum atomic E-state index is -0.0767. The van der Waals surface area contributed by atoms with Crippen molar-refractivity contribution in [3.8, 4) is 0 Å². The van der Waals surface area contributed by atoms with Gasteiger partial charge < -0.3 is 15.1 Å². The van der Waals surface area contributed by atoms with Crippen LogP contribution in [0.25, 0.3) is 0 Å². The number of rotatable bonds is 3. The van der Waals surface area contributed by atoms with Gasteiger partial charge in [-0.05, 0) is 36.5 Å². The van der Waals surface area contributed by atoms with Gasteiger partial charge in [0.1, 0.15) is 12.1 Å². The van der Waals surface area contributed by atoms with Gasteiger partial charge in [-0.2, -0.15) is 0 Å². The summed E-state index contributed by atoms with van der Waals surface area (Å²) in [7, 11) is 0. The largest absolute Gasteiger partial charge is 0.353 e. The van der Waals surface area contributed by atoms with Gasteiger partial charge in [-0.3, -0.25) is 4.79 Å². The fourth-order valence-electron chi connectivity index (χ4n) is 5.28. The van der Waals surface area contributed by atoms with Crippen molar-refractivity contribution in [3.63, 3.8) is 0 Å². The first kappa shape index (κ1) is 21.0. The van der Waals surface area contributed by atoms with Crippen molar-refractivity contribution in [2.75, 3.05) is 44.2 Å². The summed E-state index contributed by atoms with van der Waals surface area (Å²) in [5.41, 5.74) is 3.57. The van der Waals surface area contributed by atoms with E-state index in [-0.39, 0.29) is 17.7 Å². The maximum absolute atomic E-state index is 13.4. The van der Waals surface area contributed by atoms with E-state index in [1.54, 1.807) is 6.33 Å². The monoisotopic (exact) mass is 459 g/mol. The molecular formula is C23H27Cl2N5O. The third-order valence-corrected chi connectivity index (χ3v) is 7.79. The maximum Gasteiger partial charge on any atom is 0.227 e. The van der Waals surface area contributed by atoms with E-state index in [1.807, 2.05) is 23.1 Å². The number of piperazine rings is 1. The lowest BCUT2D eigenvalue weighted by atomic mass is 9.88. The molecule has 1 aromatic heterocycles. The summed E-state index contributed by atoms with van der Waals surface area (Å²) in [6.07, 6.45) is 3.87. The number of hydrogen-bond acceptors (Lipinski definition) is 5. The van der Waals surface area contributed by atoms with Crippen molar-refractivity contribution in [2.24, 2.45) is 5.92 Å². The summed E-state index contributed by atoms with van der Waals surface area (Å²) in [6.45, 7) is 6.78. The molecule has 5 rings (SSSR count). The molecule has 1 aromatic carbocycles. The molecule has 2 saturated heterocycles. The number of anilines is 1. The van der Waals surface area contributed by atoms with Crippen LogP contribution in [-0.4, -0.2) is 60.0 Å². The number of carbonyl (C=O) groups is 1. The number of fused-ring (bicyclic) bond motifs is 1. The first-order chi connectivity index (χ1) is 15.0. The lowest BCUT2D eigenvalue weighted by Crippen LogP contribution is -2.51. The quantitative estimate of drug-likeness (QED) is 0.760. The molecular weight excluding hydrogens is 433 g/mol. The molecule has 6 nitrogen and oxygen atoms in total. The van der Waals surface area contributed by atoms with E-state index in [1.165, 1.54) is 11.3 Å². The molecule has 2 fully saturated rings. The summed E-state index contributed by atoms with van der Waals surface area (Å²) in [5, 5.41) is 4.47. The lowest BCUT2D eigenvalue weighted by Gasteiger charge is -2.38. The van der Waals surface area contributed by atoms with E-state index in [0.29, 0.717) is 22.5 Å². The molecule has 0 bridgehead atoms. The molecule has 1 N–H and O–H groups in total. The normalized spacial score (nSPS) is 25.7. The Hall–Kier alpha value is -1.89. The molecule has 2 aromatic rings. The van der Waals surface area contributed by atoms with Crippen molar-refractivity contribution in [1.82, 2.24) is 20.2 Å². The van der Waals surface area contributed by atoms with E-state index in [0.717, 1.165) is 56.9 Å². The van der Waals surface area contributed by atoms with Crippen LogP contribution in [0.5, 0.6) is 0 Å². The first-order valence-electron chi connectivity index (χ1n) is 11.1. The van der Waals surface area contributed by atoms with Crippen molar-refractivity contribution in [3.05, 3.63) is 51.4 Å². The number of carbonyl (C=O) groups excluding carboxylic acids is 1. The number of hydrogen-bond donors (Lipinski definition) is 1. The summed E-state index contributed by atoms with van der Waals surface area (Å²) >= 11 is 12.3. The Morgan fingerprint density at radius 1 is 1.10 bits per heavy atom. The van der Waals surface area contributed by atoms with Gasteiger partial charge in [0.25, 0.3) is 0 Å². The van der Waals surface area contributed by atoms with Crippen LogP contribution in [0.3, 0.4) is 0 Å². The van der Waals surface area contributed by atoms with E-state index in [2.05, 4.69) is 27.1 Å². The smallest absolute Gasteiger partial charge is 0.227 e. The fourth-order valence-corrected chi connectivity index (χ4v) is 5.59. The Kier molecular flexibility index (Phi) is 5.80. The third kappa shape index (κ3) is 3.90. The van der Waals surface area contributed by atoms with Crippen molar-refractivity contribution in [1.29, 1.82) is 0 Å². The molecule has 31 heavy (non-hydrogen) atoms. The van der Waals surface area contributed by atoms with Gasteiger partial charge in [0.2, 0.25) is 5.91 Å². The van der Waals surface area contributed by atoms with E-state index in [9.17, 15) is 4.79 Å². The predicted octanol–water partition coefficient (Wildman–Crippen LogP) is 3.48. The number of aryl methyl sites for hydroxylation is 1. The zero-order chi connectivity index (χ0) is 21.5. The van der Waals surface area contributed by atoms with Gasteiger partial charge in [-0.15, -0.1) is 0 Å². The molecule has 3 heterocycles. The van der Waals surface area contributed by atoms with Gasteiger partial charge in [0, 0.05) is 56.4 Å². The summed E-state index contributed by atoms with van der Waals surface area (Å²) < 4.78 is 0. The molecule has 164 valence electrons. The summed E-state index contributed by atoms with van der Waals surface area (Å²) in [6, 6.07) is 5.70. The average Bonchev–Trinajstić information content (AvgIpc) is 3.43. The predicted molar refractivity (Wildman–Crippen MR) is 123 cm³/mol. The lowest BCUT2D eigenvalue weighted by molar-refractivity contribution is -0.135. The van der Waals surface area contributed by atoms with Crippen LogP contribution in [-0.2, 0) is 11.2 Å². The highest BCUT2D eigenvalue weighted by molar-refractivity contribution is 6.42. The molecule has 0 radical (unpaired) electrons. The number of halogens is 2. The third-order valence-electron chi connectivity index (χ3n) is 7.05. The van der Waals surface area contributed by atoms with E-state index < -0.39 is 0 Å². The highest BCUT2D eigenvalue weighted by Crippen LogP contribution is 2.38. The summed E-state index contributed by atoms with van der Waals surface area (Å²) in [5.74, 6) is 1.83. The van der Waals surface area contributed by atoms with Gasteiger partial charge in [-0.1, -0.05) is 36.2 Å². The zero-order valence-electron chi connectivity index (χ0n) is 17.7. The van der Waals surface area contributed by atoms with Gasteiger partial charge in [0.15, 0.2) is 0 Å². The fraction of sp³-hybridized carbons (Fsp3) is 0.522. The van der Waals surface area contributed by atoms with E-state index in [4.69, 9.17) is 23.2 Å². The molecule has 0 unspecified atom stereocenters. The highest BCUT2D eigenvalue weighted by atomic mass is 35.5. The van der Waals surface area contributed by atoms with E-state index >= 15 is 0 Å². The Morgan fingerprint density at radius 2 is 1.90 bits per heavy atom. The second-order valence-electron chi connectivity index (χ2n) is 8.85. The number of aromatic nitrogens is 2. The Balaban J connectivity index is 1.27. The summed E-state index contributed by atoms with van der Waals surface area (Å²) in [4.78, 5) is 26.8. The van der Waals surface area contributed by atoms with Crippen molar-refractivity contribution < 1.29 is 4.79 Å². The van der Waals surface area contributed by atoms with Crippen LogP contribution in [0, 0.1) is 5.92 Å². The Labute approximate surface area is 192 Å². The minimum absolute atomic E-state index is 0.0767. The molecule has 3 aliphatic rings. The van der Waals surface area contributed by atoms with Gasteiger partial charge >= 0.3 is 0 Å². The standard InChI is InChI=1S/C23H27Cl2N5O/c1-14-2-5-20-21(14)22(28-13-27-20)29-6-8-30(9-7-29)23(31)17-12-26-11-16(17)15-3-4-18(24)19(25)10-15/h3-4,10,13-14,16-17,26H,2,5-9,11-12H2,1H3/t14-,16+,17-/m1/s1. The topological polar surface area (TPSA) is 61.4 Å². The van der Waals surface area contributed by atoms with Crippen LogP contribution in [0.1, 0.15) is 42.0 Å².